The second-order valence-corrected chi connectivity index (χ2v) is 4.85. The highest BCUT2D eigenvalue weighted by Crippen LogP contribution is 2.33. The molecular weight excluding hydrogens is 254 g/mol. The summed E-state index contributed by atoms with van der Waals surface area (Å²) in [6.07, 6.45) is -0.463. The summed E-state index contributed by atoms with van der Waals surface area (Å²) in [5.41, 5.74) is 6.79. The molecule has 0 spiro atoms. The number of carboxylic acids is 1. The van der Waals surface area contributed by atoms with Crippen molar-refractivity contribution in [1.29, 1.82) is 0 Å². The molecule has 0 aliphatic heterocycles. The molecule has 0 fully saturated rings. The van der Waals surface area contributed by atoms with Crippen LogP contribution in [-0.4, -0.2) is 17.2 Å². The molecule has 106 valence electrons. The van der Waals surface area contributed by atoms with Gasteiger partial charge in [-0.2, -0.15) is 0 Å². The van der Waals surface area contributed by atoms with E-state index < -0.39 is 12.1 Å². The van der Waals surface area contributed by atoms with Gasteiger partial charge in [0.25, 0.3) is 0 Å². The summed E-state index contributed by atoms with van der Waals surface area (Å²) >= 11 is 0. The van der Waals surface area contributed by atoms with Gasteiger partial charge in [-0.25, -0.2) is 4.79 Å². The molecule has 0 heterocycles. The van der Waals surface area contributed by atoms with Crippen LogP contribution in [0.3, 0.4) is 0 Å². The Balaban J connectivity index is 2.57. The summed E-state index contributed by atoms with van der Waals surface area (Å²) in [5, 5.41) is 11.1. The first-order valence-corrected chi connectivity index (χ1v) is 6.71. The Kier molecular flexibility index (Phi) is 4.25. The molecule has 2 rings (SSSR count). The van der Waals surface area contributed by atoms with Crippen molar-refractivity contribution in [2.24, 2.45) is 5.73 Å². The Labute approximate surface area is 118 Å². The van der Waals surface area contributed by atoms with E-state index in [-0.39, 0.29) is 6.04 Å². The molecule has 0 aromatic heterocycles. The average molecular weight is 273 g/mol. The zero-order valence-electron chi connectivity index (χ0n) is 11.7. The Morgan fingerprint density at radius 1 is 1.30 bits per heavy atom. The second-order valence-electron chi connectivity index (χ2n) is 4.85. The molecule has 20 heavy (non-hydrogen) atoms. The van der Waals surface area contributed by atoms with Gasteiger partial charge in [-0.3, -0.25) is 0 Å². The Hall–Kier alpha value is -2.07. The van der Waals surface area contributed by atoms with Crippen molar-refractivity contribution >= 4 is 16.7 Å². The Morgan fingerprint density at radius 2 is 2.00 bits per heavy atom. The van der Waals surface area contributed by atoms with E-state index in [2.05, 4.69) is 0 Å². The van der Waals surface area contributed by atoms with Gasteiger partial charge in [0.15, 0.2) is 6.10 Å². The fourth-order valence-electron chi connectivity index (χ4n) is 2.20. The fourth-order valence-corrected chi connectivity index (χ4v) is 2.20. The highest BCUT2D eigenvalue weighted by Gasteiger charge is 2.21. The number of carboxylic acid groups (broad SMARTS) is 1. The van der Waals surface area contributed by atoms with Crippen LogP contribution in [0.15, 0.2) is 36.4 Å². The Bertz CT molecular complexity index is 622. The lowest BCUT2D eigenvalue weighted by molar-refractivity contribution is -0.145. The van der Waals surface area contributed by atoms with Crippen LogP contribution in [-0.2, 0) is 4.79 Å². The lowest BCUT2D eigenvalue weighted by atomic mass is 10.0. The number of aliphatic carboxylic acids is 1. The van der Waals surface area contributed by atoms with Crippen LogP contribution in [0.1, 0.15) is 31.9 Å². The van der Waals surface area contributed by atoms with Gasteiger partial charge in [-0.05, 0) is 18.7 Å². The van der Waals surface area contributed by atoms with Crippen molar-refractivity contribution in [3.63, 3.8) is 0 Å². The molecule has 0 radical (unpaired) electrons. The number of fused-ring (bicyclic) bond motifs is 1. The number of carbonyl (C=O) groups is 1. The molecule has 2 aromatic rings. The maximum Gasteiger partial charge on any atom is 0.344 e. The predicted octanol–water partition coefficient (Wildman–Crippen LogP) is 3.10. The smallest absolute Gasteiger partial charge is 0.344 e. The normalized spacial score (nSPS) is 13.9. The van der Waals surface area contributed by atoms with E-state index in [4.69, 9.17) is 10.5 Å². The standard InChI is InChI=1S/C16H19NO3/c1-3-14(16(18)19)20-15-12(10(2)17)9-8-11-6-4-5-7-13(11)15/h4-10,14H,3,17H2,1-2H3,(H,18,19). The maximum absolute atomic E-state index is 11.2. The zero-order valence-corrected chi connectivity index (χ0v) is 11.7. The Morgan fingerprint density at radius 3 is 2.60 bits per heavy atom. The van der Waals surface area contributed by atoms with E-state index in [1.807, 2.05) is 43.3 Å². The summed E-state index contributed by atoms with van der Waals surface area (Å²) in [5.74, 6) is -0.386. The van der Waals surface area contributed by atoms with E-state index in [1.54, 1.807) is 6.92 Å². The van der Waals surface area contributed by atoms with Gasteiger partial charge in [-0.15, -0.1) is 0 Å². The second kappa shape index (κ2) is 5.92. The third-order valence-corrected chi connectivity index (χ3v) is 3.31. The summed E-state index contributed by atoms with van der Waals surface area (Å²) in [7, 11) is 0. The van der Waals surface area contributed by atoms with Crippen molar-refractivity contribution in [2.75, 3.05) is 0 Å². The molecule has 0 aliphatic carbocycles. The van der Waals surface area contributed by atoms with Crippen LogP contribution in [0.5, 0.6) is 5.75 Å². The molecule has 4 nitrogen and oxygen atoms in total. The molecule has 4 heteroatoms. The SMILES string of the molecule is CCC(Oc1c(C(C)N)ccc2ccccc12)C(=O)O. The van der Waals surface area contributed by atoms with Gasteiger partial charge < -0.3 is 15.6 Å². The third-order valence-electron chi connectivity index (χ3n) is 3.31. The highest BCUT2D eigenvalue weighted by atomic mass is 16.5. The minimum Gasteiger partial charge on any atom is -0.479 e. The van der Waals surface area contributed by atoms with Crippen molar-refractivity contribution in [3.05, 3.63) is 42.0 Å². The quantitative estimate of drug-likeness (QED) is 0.878. The molecule has 0 aliphatic rings. The van der Waals surface area contributed by atoms with Crippen LogP contribution in [0.25, 0.3) is 10.8 Å². The first-order valence-electron chi connectivity index (χ1n) is 6.71. The summed E-state index contributed by atoms with van der Waals surface area (Å²) in [6, 6.07) is 11.4. The van der Waals surface area contributed by atoms with Gasteiger partial charge in [0, 0.05) is 17.0 Å². The molecule has 2 aromatic carbocycles. The van der Waals surface area contributed by atoms with Crippen LogP contribution in [0, 0.1) is 0 Å². The van der Waals surface area contributed by atoms with Gasteiger partial charge in [0.2, 0.25) is 0 Å². The molecule has 0 saturated heterocycles. The van der Waals surface area contributed by atoms with Crippen LogP contribution < -0.4 is 10.5 Å². The highest BCUT2D eigenvalue weighted by molar-refractivity contribution is 5.90. The summed E-state index contributed by atoms with van der Waals surface area (Å²) in [6.45, 7) is 3.65. The van der Waals surface area contributed by atoms with Crippen molar-refractivity contribution in [1.82, 2.24) is 0 Å². The topological polar surface area (TPSA) is 72.5 Å². The number of hydrogen-bond donors (Lipinski definition) is 2. The first-order chi connectivity index (χ1) is 9.54. The van der Waals surface area contributed by atoms with Gasteiger partial charge in [-0.1, -0.05) is 43.3 Å². The van der Waals surface area contributed by atoms with E-state index in [1.165, 1.54) is 0 Å². The molecule has 0 saturated carbocycles. The number of nitrogens with two attached hydrogens (primary N) is 1. The van der Waals surface area contributed by atoms with Gasteiger partial charge >= 0.3 is 5.97 Å². The predicted molar refractivity (Wildman–Crippen MR) is 78.9 cm³/mol. The number of ether oxygens (including phenoxy) is 1. The molecule has 2 unspecified atom stereocenters. The lowest BCUT2D eigenvalue weighted by Gasteiger charge is -2.20. The third kappa shape index (κ3) is 2.75. The van der Waals surface area contributed by atoms with E-state index in [0.29, 0.717) is 12.2 Å². The summed E-state index contributed by atoms with van der Waals surface area (Å²) in [4.78, 5) is 11.2. The summed E-state index contributed by atoms with van der Waals surface area (Å²) < 4.78 is 5.75. The zero-order chi connectivity index (χ0) is 14.7. The van der Waals surface area contributed by atoms with Crippen LogP contribution >= 0.6 is 0 Å². The molecule has 2 atom stereocenters. The van der Waals surface area contributed by atoms with Crippen molar-refractivity contribution in [3.8, 4) is 5.75 Å². The van der Waals surface area contributed by atoms with Crippen LogP contribution in [0.2, 0.25) is 0 Å². The average Bonchev–Trinajstić information content (AvgIpc) is 2.43. The minimum atomic E-state index is -0.962. The van der Waals surface area contributed by atoms with Gasteiger partial charge in [0.1, 0.15) is 5.75 Å². The lowest BCUT2D eigenvalue weighted by Crippen LogP contribution is -2.27. The number of rotatable bonds is 5. The molecule has 0 amide bonds. The molecule has 0 bridgehead atoms. The van der Waals surface area contributed by atoms with E-state index in [9.17, 15) is 9.90 Å². The number of hydrogen-bond acceptors (Lipinski definition) is 3. The van der Waals surface area contributed by atoms with Gasteiger partial charge in [0.05, 0.1) is 0 Å². The molecular formula is C16H19NO3. The molecule has 3 N–H and O–H groups in total. The van der Waals surface area contributed by atoms with Crippen molar-refractivity contribution in [2.45, 2.75) is 32.4 Å². The first kappa shape index (κ1) is 14.3. The fraction of sp³-hybridized carbons (Fsp3) is 0.312. The maximum atomic E-state index is 11.2. The largest absolute Gasteiger partial charge is 0.479 e. The minimum absolute atomic E-state index is 0.221. The van der Waals surface area contributed by atoms with E-state index in [0.717, 1.165) is 16.3 Å². The number of benzene rings is 2. The monoisotopic (exact) mass is 273 g/mol. The van der Waals surface area contributed by atoms with Crippen LogP contribution in [0.4, 0.5) is 0 Å². The van der Waals surface area contributed by atoms with Crippen molar-refractivity contribution < 1.29 is 14.6 Å². The van der Waals surface area contributed by atoms with E-state index >= 15 is 0 Å².